The van der Waals surface area contributed by atoms with E-state index < -0.39 is 11.4 Å². The average Bonchev–Trinajstić information content (AvgIpc) is 2.55. The van der Waals surface area contributed by atoms with Crippen LogP contribution in [0.4, 0.5) is 0 Å². The molecule has 3 rings (SSSR count). The maximum absolute atomic E-state index is 13.3. The van der Waals surface area contributed by atoms with Gasteiger partial charge in [-0.25, -0.2) is 4.79 Å². The van der Waals surface area contributed by atoms with Crippen LogP contribution in [-0.2, 0) is 19.7 Å². The van der Waals surface area contributed by atoms with Crippen molar-refractivity contribution in [2.45, 2.75) is 26.2 Å². The Balaban J connectivity index is 2.36. The highest BCUT2D eigenvalue weighted by Gasteiger charge is 2.41. The van der Waals surface area contributed by atoms with Gasteiger partial charge in [-0.3, -0.25) is 4.79 Å². The fourth-order valence-electron chi connectivity index (χ4n) is 3.51. The highest BCUT2D eigenvalue weighted by atomic mass is 16.5. The number of carbonyl (C=O) groups excluding carboxylic acids is 2. The summed E-state index contributed by atoms with van der Waals surface area (Å²) in [5.74, 6) is -0.809. The highest BCUT2D eigenvalue weighted by molar-refractivity contribution is 6.43. The Kier molecular flexibility index (Phi) is 3.88. The van der Waals surface area contributed by atoms with Crippen LogP contribution in [0, 0.1) is 13.8 Å². The quantitative estimate of drug-likeness (QED) is 0.795. The Morgan fingerprint density at radius 1 is 1.08 bits per heavy atom. The molecule has 1 aliphatic rings. The smallest absolute Gasteiger partial charge is 0.342 e. The number of hydrogen-bond acceptors (Lipinski definition) is 3. The van der Waals surface area contributed by atoms with E-state index >= 15 is 0 Å². The van der Waals surface area contributed by atoms with Gasteiger partial charge in [-0.15, -0.1) is 0 Å². The summed E-state index contributed by atoms with van der Waals surface area (Å²) in [6, 6.07) is 13.5. The molecule has 1 unspecified atom stereocenters. The fourth-order valence-corrected chi connectivity index (χ4v) is 3.51. The summed E-state index contributed by atoms with van der Waals surface area (Å²) in [7, 11) is 1.30. The minimum absolute atomic E-state index is 0.123. The van der Waals surface area contributed by atoms with E-state index in [-0.39, 0.29) is 11.4 Å². The van der Waals surface area contributed by atoms with E-state index in [0.29, 0.717) is 5.22 Å². The first-order chi connectivity index (χ1) is 11.4. The van der Waals surface area contributed by atoms with E-state index in [0.717, 1.165) is 21.9 Å². The van der Waals surface area contributed by atoms with Crippen LogP contribution in [0.1, 0.15) is 23.6 Å². The molecule has 2 aromatic carbocycles. The van der Waals surface area contributed by atoms with Gasteiger partial charge in [0.05, 0.1) is 12.5 Å². The Morgan fingerprint density at radius 3 is 2.46 bits per heavy atom. The SMILES string of the molecule is COC(=O)C1=c2ccccc2=CC(C)(c2ccc(C)cc2C)C1=O. The van der Waals surface area contributed by atoms with Crippen molar-refractivity contribution < 1.29 is 14.3 Å². The second-order valence-electron chi connectivity index (χ2n) is 6.45. The molecule has 0 N–H and O–H groups in total. The molecule has 0 bridgehead atoms. The van der Waals surface area contributed by atoms with Gasteiger partial charge in [0, 0.05) is 0 Å². The van der Waals surface area contributed by atoms with Gasteiger partial charge in [-0.1, -0.05) is 54.1 Å². The molecule has 0 radical (unpaired) electrons. The van der Waals surface area contributed by atoms with Crippen LogP contribution in [-0.4, -0.2) is 18.9 Å². The second-order valence-corrected chi connectivity index (χ2v) is 6.45. The van der Waals surface area contributed by atoms with Crippen molar-refractivity contribution in [1.29, 1.82) is 0 Å². The maximum Gasteiger partial charge on any atom is 0.342 e. The lowest BCUT2D eigenvalue weighted by atomic mass is 9.71. The summed E-state index contributed by atoms with van der Waals surface area (Å²) in [6.07, 6.45) is 1.95. The second kappa shape index (κ2) is 5.75. The van der Waals surface area contributed by atoms with Gasteiger partial charge >= 0.3 is 5.97 Å². The molecule has 0 fully saturated rings. The predicted molar refractivity (Wildman–Crippen MR) is 93.9 cm³/mol. The first-order valence-corrected chi connectivity index (χ1v) is 7.91. The van der Waals surface area contributed by atoms with Gasteiger partial charge in [0.15, 0.2) is 5.78 Å². The monoisotopic (exact) mass is 320 g/mol. The molecule has 0 amide bonds. The van der Waals surface area contributed by atoms with Crippen LogP contribution in [0.3, 0.4) is 0 Å². The van der Waals surface area contributed by atoms with E-state index in [9.17, 15) is 9.59 Å². The number of ketones is 1. The number of carbonyl (C=O) groups is 2. The van der Waals surface area contributed by atoms with Crippen molar-refractivity contribution in [1.82, 2.24) is 0 Å². The van der Waals surface area contributed by atoms with Crippen molar-refractivity contribution in [3.05, 3.63) is 69.6 Å². The van der Waals surface area contributed by atoms with Crippen LogP contribution in [0.15, 0.2) is 42.5 Å². The topological polar surface area (TPSA) is 43.4 Å². The molecule has 0 saturated heterocycles. The van der Waals surface area contributed by atoms with Crippen LogP contribution in [0.5, 0.6) is 0 Å². The molecule has 1 aliphatic carbocycles. The van der Waals surface area contributed by atoms with E-state index in [1.807, 2.05) is 57.2 Å². The largest absolute Gasteiger partial charge is 0.465 e. The summed E-state index contributed by atoms with van der Waals surface area (Å²) in [5.41, 5.74) is 2.31. The number of ether oxygens (including phenoxy) is 1. The Morgan fingerprint density at radius 2 is 1.79 bits per heavy atom. The normalized spacial score (nSPS) is 19.5. The fraction of sp³-hybridized carbons (Fsp3) is 0.238. The summed E-state index contributed by atoms with van der Waals surface area (Å²) >= 11 is 0. The molecule has 3 heteroatoms. The standard InChI is InChI=1S/C21H20O3/c1-13-9-10-17(14(2)11-13)21(3)12-15-7-5-6-8-16(15)18(19(21)22)20(23)24-4/h5-12H,1-4H3. The number of methoxy groups -OCH3 is 1. The first-order valence-electron chi connectivity index (χ1n) is 7.91. The van der Waals surface area contributed by atoms with Gasteiger partial charge in [0.2, 0.25) is 0 Å². The van der Waals surface area contributed by atoms with Gasteiger partial charge in [0.1, 0.15) is 5.57 Å². The molecular weight excluding hydrogens is 300 g/mol. The number of hydrogen-bond donors (Lipinski definition) is 0. The molecule has 24 heavy (non-hydrogen) atoms. The predicted octanol–water partition coefficient (Wildman–Crippen LogP) is 1.95. The zero-order valence-corrected chi connectivity index (χ0v) is 14.3. The number of aryl methyl sites for hydroxylation is 2. The van der Waals surface area contributed by atoms with Gasteiger partial charge in [-0.05, 0) is 42.3 Å². The average molecular weight is 320 g/mol. The molecule has 0 aromatic heterocycles. The molecule has 3 nitrogen and oxygen atoms in total. The first kappa shape index (κ1) is 16.2. The third kappa shape index (κ3) is 2.37. The number of fused-ring (bicyclic) bond motifs is 1. The Labute approximate surface area is 141 Å². The third-order valence-corrected chi connectivity index (χ3v) is 4.70. The molecule has 2 aromatic rings. The number of rotatable bonds is 2. The van der Waals surface area contributed by atoms with Gasteiger partial charge in [0.25, 0.3) is 0 Å². The van der Waals surface area contributed by atoms with Crippen LogP contribution in [0.2, 0.25) is 0 Å². The number of esters is 1. The summed E-state index contributed by atoms with van der Waals surface area (Å²) in [6.45, 7) is 5.88. The molecule has 1 atom stereocenters. The van der Waals surface area contributed by atoms with Crippen molar-refractivity contribution in [2.75, 3.05) is 7.11 Å². The van der Waals surface area contributed by atoms with Gasteiger partial charge < -0.3 is 4.74 Å². The van der Waals surface area contributed by atoms with Gasteiger partial charge in [-0.2, -0.15) is 0 Å². The van der Waals surface area contributed by atoms with Crippen LogP contribution in [0.25, 0.3) is 11.6 Å². The van der Waals surface area contributed by atoms with Crippen LogP contribution >= 0.6 is 0 Å². The van der Waals surface area contributed by atoms with E-state index in [1.54, 1.807) is 6.07 Å². The Bertz CT molecular complexity index is 969. The van der Waals surface area contributed by atoms with E-state index in [4.69, 9.17) is 4.74 Å². The molecule has 0 saturated carbocycles. The van der Waals surface area contributed by atoms with Crippen molar-refractivity contribution in [3.8, 4) is 0 Å². The highest BCUT2D eigenvalue weighted by Crippen LogP contribution is 2.34. The molecule has 0 heterocycles. The molecular formula is C21H20O3. The zero-order chi connectivity index (χ0) is 17.5. The summed E-state index contributed by atoms with van der Waals surface area (Å²) in [5, 5.41) is 1.51. The van der Waals surface area contributed by atoms with Crippen molar-refractivity contribution in [2.24, 2.45) is 0 Å². The molecule has 0 aliphatic heterocycles. The summed E-state index contributed by atoms with van der Waals surface area (Å²) in [4.78, 5) is 25.6. The van der Waals surface area contributed by atoms with E-state index in [1.165, 1.54) is 7.11 Å². The lowest BCUT2D eigenvalue weighted by Crippen LogP contribution is -2.46. The van der Waals surface area contributed by atoms with E-state index in [2.05, 4.69) is 6.07 Å². The Hall–Kier alpha value is -2.68. The van der Waals surface area contributed by atoms with Crippen molar-refractivity contribution in [3.63, 3.8) is 0 Å². The lowest BCUT2D eigenvalue weighted by molar-refractivity contribution is -0.135. The third-order valence-electron chi connectivity index (χ3n) is 4.70. The van der Waals surface area contributed by atoms with Crippen LogP contribution < -0.4 is 10.4 Å². The molecule has 0 spiro atoms. The number of benzene rings is 2. The molecule has 122 valence electrons. The minimum atomic E-state index is -0.893. The lowest BCUT2D eigenvalue weighted by Gasteiger charge is -2.30. The van der Waals surface area contributed by atoms with Crippen molar-refractivity contribution >= 4 is 23.4 Å². The maximum atomic E-state index is 13.3. The minimum Gasteiger partial charge on any atom is -0.465 e. The number of Topliss-reactive ketones (excluding diaryl/α,β-unsaturated/α-hetero) is 1. The summed E-state index contributed by atoms with van der Waals surface area (Å²) < 4.78 is 4.88. The zero-order valence-electron chi connectivity index (χ0n) is 14.3.